The number of likely N-dealkylation sites (N-methyl/N-ethyl adjacent to an activating group) is 1. The summed E-state index contributed by atoms with van der Waals surface area (Å²) in [6.07, 6.45) is 1.57. The molecule has 20 heavy (non-hydrogen) atoms. The molecule has 0 spiro atoms. The van der Waals surface area contributed by atoms with Crippen LogP contribution in [-0.2, 0) is 11.3 Å². The van der Waals surface area contributed by atoms with E-state index in [1.54, 1.807) is 26.3 Å². The van der Waals surface area contributed by atoms with Crippen molar-refractivity contribution in [2.45, 2.75) is 39.8 Å². The van der Waals surface area contributed by atoms with E-state index in [1.165, 1.54) is 23.6 Å². The van der Waals surface area contributed by atoms with Crippen LogP contribution < -0.4 is 0 Å². The molecule has 0 aromatic carbocycles. The standard InChI is InChI=1S/C14H22N2O4/c1-6-16(14(3,4)12(17)18)13(19)15(5)9-11-7-8-20-10(11)2/h7-8H,6,9H2,1-5H3,(H,17,18). The zero-order valence-electron chi connectivity index (χ0n) is 12.6. The normalized spacial score (nSPS) is 11.2. The van der Waals surface area contributed by atoms with Crippen molar-refractivity contribution >= 4 is 12.0 Å². The Kier molecular flexibility index (Phi) is 4.81. The third-order valence-electron chi connectivity index (χ3n) is 3.45. The fraction of sp³-hybridized carbons (Fsp3) is 0.571. The number of carbonyl (C=O) groups excluding carboxylic acids is 1. The number of amides is 2. The van der Waals surface area contributed by atoms with Crippen LogP contribution in [0.3, 0.4) is 0 Å². The largest absolute Gasteiger partial charge is 0.480 e. The van der Waals surface area contributed by atoms with Crippen LogP contribution in [0.2, 0.25) is 0 Å². The van der Waals surface area contributed by atoms with Gasteiger partial charge in [0.1, 0.15) is 11.3 Å². The highest BCUT2D eigenvalue weighted by Crippen LogP contribution is 2.18. The zero-order valence-corrected chi connectivity index (χ0v) is 12.6. The van der Waals surface area contributed by atoms with Gasteiger partial charge in [-0.1, -0.05) is 0 Å². The lowest BCUT2D eigenvalue weighted by Crippen LogP contribution is -2.56. The SMILES string of the molecule is CCN(C(=O)N(C)Cc1ccoc1C)C(C)(C)C(=O)O. The van der Waals surface area contributed by atoms with Crippen molar-refractivity contribution < 1.29 is 19.1 Å². The van der Waals surface area contributed by atoms with Crippen LogP contribution in [0.25, 0.3) is 0 Å². The first kappa shape index (κ1) is 16.1. The Balaban J connectivity index is 2.86. The van der Waals surface area contributed by atoms with E-state index < -0.39 is 11.5 Å². The van der Waals surface area contributed by atoms with Crippen molar-refractivity contribution in [2.75, 3.05) is 13.6 Å². The monoisotopic (exact) mass is 282 g/mol. The van der Waals surface area contributed by atoms with E-state index in [1.807, 2.05) is 6.92 Å². The topological polar surface area (TPSA) is 74.0 Å². The molecule has 1 heterocycles. The Morgan fingerprint density at radius 2 is 2.00 bits per heavy atom. The maximum Gasteiger partial charge on any atom is 0.329 e. The first-order valence-corrected chi connectivity index (χ1v) is 6.50. The van der Waals surface area contributed by atoms with Gasteiger partial charge in [-0.15, -0.1) is 0 Å². The lowest BCUT2D eigenvalue weighted by atomic mass is 10.0. The van der Waals surface area contributed by atoms with Crippen molar-refractivity contribution in [3.8, 4) is 0 Å². The molecule has 0 unspecified atom stereocenters. The predicted octanol–water partition coefficient (Wildman–Crippen LogP) is 2.32. The summed E-state index contributed by atoms with van der Waals surface area (Å²) in [5, 5.41) is 9.25. The molecule has 0 radical (unpaired) electrons. The smallest absolute Gasteiger partial charge is 0.329 e. The zero-order chi connectivity index (χ0) is 15.5. The van der Waals surface area contributed by atoms with Gasteiger partial charge in [-0.3, -0.25) is 0 Å². The molecular formula is C14H22N2O4. The van der Waals surface area contributed by atoms with E-state index in [4.69, 9.17) is 4.42 Å². The lowest BCUT2D eigenvalue weighted by Gasteiger charge is -2.36. The maximum atomic E-state index is 12.4. The van der Waals surface area contributed by atoms with Gasteiger partial charge in [0.25, 0.3) is 0 Å². The van der Waals surface area contributed by atoms with Crippen molar-refractivity contribution in [3.63, 3.8) is 0 Å². The van der Waals surface area contributed by atoms with Crippen LogP contribution in [-0.4, -0.2) is 46.0 Å². The third kappa shape index (κ3) is 3.12. The maximum absolute atomic E-state index is 12.4. The molecule has 112 valence electrons. The van der Waals surface area contributed by atoms with E-state index in [0.717, 1.165) is 11.3 Å². The predicted molar refractivity (Wildman–Crippen MR) is 74.4 cm³/mol. The summed E-state index contributed by atoms with van der Waals surface area (Å²) in [7, 11) is 1.65. The molecule has 6 heteroatoms. The van der Waals surface area contributed by atoms with E-state index in [9.17, 15) is 14.7 Å². The molecule has 0 bridgehead atoms. The highest BCUT2D eigenvalue weighted by atomic mass is 16.4. The number of carboxylic acids is 1. The van der Waals surface area contributed by atoms with Gasteiger partial charge in [0.15, 0.2) is 0 Å². The van der Waals surface area contributed by atoms with E-state index in [2.05, 4.69) is 0 Å². The molecule has 0 saturated carbocycles. The van der Waals surface area contributed by atoms with E-state index >= 15 is 0 Å². The molecule has 6 nitrogen and oxygen atoms in total. The number of furan rings is 1. The number of aryl methyl sites for hydroxylation is 1. The minimum atomic E-state index is -1.24. The van der Waals surface area contributed by atoms with Crippen LogP contribution in [0.5, 0.6) is 0 Å². The molecule has 2 amide bonds. The summed E-state index contributed by atoms with van der Waals surface area (Å²) in [6, 6.07) is 1.48. The fourth-order valence-electron chi connectivity index (χ4n) is 1.99. The van der Waals surface area contributed by atoms with Crippen molar-refractivity contribution in [1.29, 1.82) is 0 Å². The van der Waals surface area contributed by atoms with Crippen LogP contribution in [0.1, 0.15) is 32.1 Å². The molecule has 0 aliphatic rings. The number of hydrogen-bond acceptors (Lipinski definition) is 3. The van der Waals surface area contributed by atoms with Crippen LogP contribution in [0.4, 0.5) is 4.79 Å². The van der Waals surface area contributed by atoms with Gasteiger partial charge >= 0.3 is 12.0 Å². The van der Waals surface area contributed by atoms with Gasteiger partial charge in [-0.25, -0.2) is 9.59 Å². The summed E-state index contributed by atoms with van der Waals surface area (Å²) in [6.45, 7) is 7.34. The second kappa shape index (κ2) is 5.98. The van der Waals surface area contributed by atoms with Gasteiger partial charge in [0.2, 0.25) is 0 Å². The first-order valence-electron chi connectivity index (χ1n) is 6.50. The number of nitrogens with zero attached hydrogens (tertiary/aromatic N) is 2. The lowest BCUT2D eigenvalue weighted by molar-refractivity contribution is -0.147. The second-order valence-corrected chi connectivity index (χ2v) is 5.25. The molecule has 0 aliphatic heterocycles. The quantitative estimate of drug-likeness (QED) is 0.899. The summed E-state index contributed by atoms with van der Waals surface area (Å²) >= 11 is 0. The first-order chi connectivity index (χ1) is 9.21. The highest BCUT2D eigenvalue weighted by Gasteiger charge is 2.38. The Bertz CT molecular complexity index is 493. The molecule has 1 aromatic rings. The Hall–Kier alpha value is -1.98. The molecule has 1 rings (SSSR count). The second-order valence-electron chi connectivity index (χ2n) is 5.25. The number of carboxylic acid groups (broad SMARTS) is 1. The van der Waals surface area contributed by atoms with Gasteiger partial charge < -0.3 is 19.3 Å². The highest BCUT2D eigenvalue weighted by molar-refractivity contribution is 5.85. The minimum absolute atomic E-state index is 0.319. The average molecular weight is 282 g/mol. The Morgan fingerprint density at radius 3 is 2.40 bits per heavy atom. The molecule has 0 aliphatic carbocycles. The van der Waals surface area contributed by atoms with Gasteiger partial charge in [0, 0.05) is 19.2 Å². The number of hydrogen-bond donors (Lipinski definition) is 1. The molecule has 1 N–H and O–H groups in total. The van der Waals surface area contributed by atoms with Crippen molar-refractivity contribution in [2.24, 2.45) is 0 Å². The fourth-order valence-corrected chi connectivity index (χ4v) is 1.99. The van der Waals surface area contributed by atoms with Gasteiger partial charge in [-0.2, -0.15) is 0 Å². The van der Waals surface area contributed by atoms with Crippen LogP contribution in [0.15, 0.2) is 16.7 Å². The van der Waals surface area contributed by atoms with Crippen LogP contribution >= 0.6 is 0 Å². The van der Waals surface area contributed by atoms with E-state index in [-0.39, 0.29) is 6.03 Å². The molecule has 0 fully saturated rings. The Morgan fingerprint density at radius 1 is 1.40 bits per heavy atom. The number of aliphatic carboxylic acids is 1. The van der Waals surface area contributed by atoms with Gasteiger partial charge in [-0.05, 0) is 33.8 Å². The van der Waals surface area contributed by atoms with E-state index in [0.29, 0.717) is 13.1 Å². The van der Waals surface area contributed by atoms with Crippen molar-refractivity contribution in [3.05, 3.63) is 23.7 Å². The van der Waals surface area contributed by atoms with Crippen molar-refractivity contribution in [1.82, 2.24) is 9.80 Å². The Labute approximate surface area is 119 Å². The number of carbonyl (C=O) groups is 2. The summed E-state index contributed by atoms with van der Waals surface area (Å²) in [5.74, 6) is -0.272. The molecule has 0 saturated heterocycles. The summed E-state index contributed by atoms with van der Waals surface area (Å²) < 4.78 is 5.19. The molecule has 1 aromatic heterocycles. The summed E-state index contributed by atoms with van der Waals surface area (Å²) in [4.78, 5) is 26.5. The number of rotatable bonds is 5. The molecule has 0 atom stereocenters. The average Bonchev–Trinajstić information content (AvgIpc) is 2.75. The molecular weight excluding hydrogens is 260 g/mol. The third-order valence-corrected chi connectivity index (χ3v) is 3.45. The number of urea groups is 1. The van der Waals surface area contributed by atoms with Crippen LogP contribution in [0, 0.1) is 6.92 Å². The summed E-state index contributed by atoms with van der Waals surface area (Å²) in [5.41, 5.74) is -0.337. The minimum Gasteiger partial charge on any atom is -0.480 e. The van der Waals surface area contributed by atoms with Gasteiger partial charge in [0.05, 0.1) is 12.8 Å².